The van der Waals surface area contributed by atoms with Gasteiger partial charge in [-0.1, -0.05) is 19.6 Å². The molecule has 174 valence electrons. The monoisotopic (exact) mass is 474 g/mol. The van der Waals surface area contributed by atoms with Crippen LogP contribution in [0.5, 0.6) is 0 Å². The maximum absolute atomic E-state index is 13.1. The Bertz CT molecular complexity index is 1110. The zero-order valence-corrected chi connectivity index (χ0v) is 22.1. The zero-order valence-electron chi connectivity index (χ0n) is 20.3. The molecule has 0 saturated heterocycles. The Kier molecular flexibility index (Phi) is 7.06. The van der Waals surface area contributed by atoms with Crippen LogP contribution < -0.4 is 10.6 Å². The second kappa shape index (κ2) is 9.28. The number of ether oxygens (including phenoxy) is 1. The molecule has 0 atom stereocenters. The van der Waals surface area contributed by atoms with E-state index in [0.717, 1.165) is 22.4 Å². The predicted molar refractivity (Wildman–Crippen MR) is 134 cm³/mol. The fourth-order valence-electron chi connectivity index (χ4n) is 3.04. The van der Waals surface area contributed by atoms with E-state index in [1.54, 1.807) is 6.20 Å². The van der Waals surface area contributed by atoms with Crippen LogP contribution in [0.3, 0.4) is 0 Å². The first kappa shape index (κ1) is 24.3. The molecule has 0 radical (unpaired) electrons. The van der Waals surface area contributed by atoms with Crippen molar-refractivity contribution >= 4 is 47.5 Å². The van der Waals surface area contributed by atoms with Crippen LogP contribution in [-0.4, -0.2) is 45.0 Å². The van der Waals surface area contributed by atoms with E-state index < -0.39 is 8.07 Å². The van der Waals surface area contributed by atoms with Crippen LogP contribution >= 0.6 is 11.5 Å². The molecule has 32 heavy (non-hydrogen) atoms. The molecule has 3 heterocycles. The van der Waals surface area contributed by atoms with Gasteiger partial charge in [0.15, 0.2) is 11.5 Å². The molecule has 3 aromatic rings. The standard InChI is InChI=1S/C22H34N6O2SSi/c1-14-11-17(31-27-14)24-19-15(2)23-20-18(25-19)16(21(29)26-22(3,4)5)12-28(20)13-30-9-10-32(6,7)8/h11-12H,9-10,13H2,1-8H3,(H,24,25)(H,26,29). The van der Waals surface area contributed by atoms with Gasteiger partial charge in [0.1, 0.15) is 17.2 Å². The zero-order chi connectivity index (χ0) is 23.7. The molecule has 0 saturated carbocycles. The summed E-state index contributed by atoms with van der Waals surface area (Å²) in [5.41, 5.74) is 3.00. The molecule has 0 unspecified atom stereocenters. The summed E-state index contributed by atoms with van der Waals surface area (Å²) in [5.74, 6) is 0.435. The molecule has 0 aliphatic heterocycles. The highest BCUT2D eigenvalue weighted by atomic mass is 32.1. The topological polar surface area (TPSA) is 94.0 Å². The molecule has 0 aliphatic carbocycles. The van der Waals surface area contributed by atoms with Gasteiger partial charge in [0, 0.05) is 26.4 Å². The molecule has 0 spiro atoms. The lowest BCUT2D eigenvalue weighted by atomic mass is 10.1. The summed E-state index contributed by atoms with van der Waals surface area (Å²) in [4.78, 5) is 22.6. The number of amides is 1. The van der Waals surface area contributed by atoms with Gasteiger partial charge in [-0.3, -0.25) is 4.79 Å². The van der Waals surface area contributed by atoms with Crippen LogP contribution in [0.2, 0.25) is 25.7 Å². The van der Waals surface area contributed by atoms with E-state index in [1.165, 1.54) is 11.5 Å². The molecule has 0 fully saturated rings. The summed E-state index contributed by atoms with van der Waals surface area (Å²) >= 11 is 1.37. The fraction of sp³-hybridized carbons (Fsp3) is 0.545. The number of nitrogens with one attached hydrogen (secondary N) is 2. The van der Waals surface area contributed by atoms with E-state index in [2.05, 4.69) is 34.6 Å². The summed E-state index contributed by atoms with van der Waals surface area (Å²) in [5, 5.41) is 7.21. The first-order valence-electron chi connectivity index (χ1n) is 10.8. The number of carbonyl (C=O) groups is 1. The minimum absolute atomic E-state index is 0.180. The minimum atomic E-state index is -1.18. The van der Waals surface area contributed by atoms with Crippen molar-refractivity contribution in [3.05, 3.63) is 29.2 Å². The van der Waals surface area contributed by atoms with Gasteiger partial charge < -0.3 is 19.9 Å². The van der Waals surface area contributed by atoms with E-state index >= 15 is 0 Å². The Morgan fingerprint density at radius 2 is 1.94 bits per heavy atom. The maximum Gasteiger partial charge on any atom is 0.255 e. The first-order valence-corrected chi connectivity index (χ1v) is 15.3. The van der Waals surface area contributed by atoms with Gasteiger partial charge in [-0.05, 0) is 58.3 Å². The number of carbonyl (C=O) groups excluding carboxylic acids is 1. The van der Waals surface area contributed by atoms with Gasteiger partial charge in [0.2, 0.25) is 0 Å². The number of hydrogen-bond acceptors (Lipinski definition) is 7. The predicted octanol–water partition coefficient (Wildman–Crippen LogP) is 5.09. The second-order valence-electron chi connectivity index (χ2n) is 10.4. The lowest BCUT2D eigenvalue weighted by molar-refractivity contribution is 0.0886. The number of aromatic nitrogens is 4. The van der Waals surface area contributed by atoms with E-state index in [0.29, 0.717) is 35.9 Å². The number of hydrogen-bond donors (Lipinski definition) is 2. The van der Waals surface area contributed by atoms with Crippen molar-refractivity contribution in [1.82, 2.24) is 24.2 Å². The Morgan fingerprint density at radius 1 is 1.22 bits per heavy atom. The highest BCUT2D eigenvalue weighted by molar-refractivity contribution is 7.10. The van der Waals surface area contributed by atoms with Crippen molar-refractivity contribution in [2.24, 2.45) is 0 Å². The van der Waals surface area contributed by atoms with Crippen molar-refractivity contribution in [2.75, 3.05) is 11.9 Å². The Labute approximate surface area is 195 Å². The van der Waals surface area contributed by atoms with Crippen LogP contribution in [0.15, 0.2) is 12.3 Å². The largest absolute Gasteiger partial charge is 0.361 e. The summed E-state index contributed by atoms with van der Waals surface area (Å²) in [6, 6.07) is 3.04. The third kappa shape index (κ3) is 6.36. The average Bonchev–Trinajstić information content (AvgIpc) is 3.20. The molecule has 8 nitrogen and oxygen atoms in total. The summed E-state index contributed by atoms with van der Waals surface area (Å²) in [6.45, 7) is 17.7. The summed E-state index contributed by atoms with van der Waals surface area (Å²) in [6.07, 6.45) is 1.79. The van der Waals surface area contributed by atoms with Crippen LogP contribution in [0.4, 0.5) is 10.8 Å². The van der Waals surface area contributed by atoms with Gasteiger partial charge in [-0.15, -0.1) is 0 Å². The van der Waals surface area contributed by atoms with Gasteiger partial charge in [-0.25, -0.2) is 9.97 Å². The van der Waals surface area contributed by atoms with Crippen molar-refractivity contribution in [3.8, 4) is 0 Å². The molecular formula is C22H34N6O2SSi. The van der Waals surface area contributed by atoms with Gasteiger partial charge in [0.25, 0.3) is 5.91 Å². The van der Waals surface area contributed by atoms with Crippen LogP contribution in [0, 0.1) is 13.8 Å². The van der Waals surface area contributed by atoms with Gasteiger partial charge in [-0.2, -0.15) is 4.37 Å². The molecule has 2 N–H and O–H groups in total. The van der Waals surface area contributed by atoms with Crippen LogP contribution in [-0.2, 0) is 11.5 Å². The van der Waals surface area contributed by atoms with Crippen molar-refractivity contribution < 1.29 is 9.53 Å². The highest BCUT2D eigenvalue weighted by Gasteiger charge is 2.23. The van der Waals surface area contributed by atoms with Crippen LogP contribution in [0.25, 0.3) is 11.2 Å². The average molecular weight is 475 g/mol. The number of fused-ring (bicyclic) bond motifs is 1. The van der Waals surface area contributed by atoms with Crippen molar-refractivity contribution in [3.63, 3.8) is 0 Å². The van der Waals surface area contributed by atoms with E-state index in [4.69, 9.17) is 14.7 Å². The van der Waals surface area contributed by atoms with E-state index in [9.17, 15) is 4.79 Å². The third-order valence-electron chi connectivity index (χ3n) is 4.69. The fourth-order valence-corrected chi connectivity index (χ4v) is 4.46. The Balaban J connectivity index is 1.96. The quantitative estimate of drug-likeness (QED) is 0.349. The molecular weight excluding hydrogens is 440 g/mol. The lowest BCUT2D eigenvalue weighted by Gasteiger charge is -2.20. The third-order valence-corrected chi connectivity index (χ3v) is 7.19. The first-order chi connectivity index (χ1) is 14.8. The summed E-state index contributed by atoms with van der Waals surface area (Å²) in [7, 11) is -1.18. The van der Waals surface area contributed by atoms with E-state index in [-0.39, 0.29) is 11.4 Å². The number of rotatable bonds is 8. The normalized spacial score (nSPS) is 12.4. The molecule has 3 aromatic heterocycles. The molecule has 0 bridgehead atoms. The van der Waals surface area contributed by atoms with Crippen molar-refractivity contribution in [2.45, 2.75) is 72.6 Å². The minimum Gasteiger partial charge on any atom is -0.361 e. The number of nitrogens with zero attached hydrogens (tertiary/aromatic N) is 4. The highest BCUT2D eigenvalue weighted by Crippen LogP contribution is 2.26. The maximum atomic E-state index is 13.1. The van der Waals surface area contributed by atoms with E-state index in [1.807, 2.05) is 45.3 Å². The second-order valence-corrected chi connectivity index (χ2v) is 16.8. The smallest absolute Gasteiger partial charge is 0.255 e. The van der Waals surface area contributed by atoms with Gasteiger partial charge in [0.05, 0.1) is 17.0 Å². The SMILES string of the molecule is Cc1cc(Nc2nc3c(C(=O)NC(C)(C)C)cn(COCC[Si](C)(C)C)c3nc2C)sn1. The molecule has 0 aliphatic rings. The van der Waals surface area contributed by atoms with Crippen LogP contribution in [0.1, 0.15) is 42.5 Å². The molecule has 0 aromatic carbocycles. The molecule has 10 heteroatoms. The Morgan fingerprint density at radius 3 is 2.53 bits per heavy atom. The molecule has 3 rings (SSSR count). The molecule has 1 amide bonds. The summed E-state index contributed by atoms with van der Waals surface area (Å²) < 4.78 is 12.1. The van der Waals surface area contributed by atoms with Gasteiger partial charge >= 0.3 is 0 Å². The number of anilines is 2. The lowest BCUT2D eigenvalue weighted by Crippen LogP contribution is -2.40. The number of aryl methyl sites for hydroxylation is 2. The van der Waals surface area contributed by atoms with Crippen molar-refractivity contribution in [1.29, 1.82) is 0 Å². The Hall–Kier alpha value is -2.30.